The third-order valence-electron chi connectivity index (χ3n) is 3.39. The van der Waals surface area contributed by atoms with Crippen LogP contribution < -0.4 is 9.46 Å². The predicted octanol–water partition coefficient (Wildman–Crippen LogP) is 4.02. The van der Waals surface area contributed by atoms with Crippen molar-refractivity contribution in [3.63, 3.8) is 0 Å². The summed E-state index contributed by atoms with van der Waals surface area (Å²) in [6, 6.07) is 9.90. The van der Waals surface area contributed by atoms with Crippen molar-refractivity contribution < 1.29 is 13.2 Å². The van der Waals surface area contributed by atoms with Crippen molar-refractivity contribution in [2.24, 2.45) is 0 Å². The zero-order valence-electron chi connectivity index (χ0n) is 12.7. The van der Waals surface area contributed by atoms with Crippen LogP contribution in [0.5, 0.6) is 5.75 Å². The number of hydrogen-bond acceptors (Lipinski definition) is 3. The standard InChI is InChI=1S/C16H18ClNO3S/c1-4-12-9-14(7-8-16(12)21-3)22(19,20)18-15-10-13(17)6-5-11(15)2/h5-10,18H,4H2,1-3H3. The fraction of sp³-hybridized carbons (Fsp3) is 0.250. The molecule has 0 aliphatic heterocycles. The molecule has 1 N–H and O–H groups in total. The molecule has 0 saturated heterocycles. The van der Waals surface area contributed by atoms with E-state index in [2.05, 4.69) is 4.72 Å². The Balaban J connectivity index is 2.40. The predicted molar refractivity (Wildman–Crippen MR) is 89.4 cm³/mol. The molecule has 2 aromatic carbocycles. The summed E-state index contributed by atoms with van der Waals surface area (Å²) in [7, 11) is -2.11. The Labute approximate surface area is 136 Å². The van der Waals surface area contributed by atoms with E-state index >= 15 is 0 Å². The van der Waals surface area contributed by atoms with E-state index in [1.165, 1.54) is 6.07 Å². The minimum absolute atomic E-state index is 0.199. The van der Waals surface area contributed by atoms with E-state index in [0.717, 1.165) is 11.1 Å². The van der Waals surface area contributed by atoms with Crippen LogP contribution in [0.25, 0.3) is 0 Å². The van der Waals surface area contributed by atoms with Crippen LogP contribution >= 0.6 is 11.6 Å². The second kappa shape index (κ2) is 6.58. The Hall–Kier alpha value is -1.72. The minimum Gasteiger partial charge on any atom is -0.496 e. The molecule has 6 heteroatoms. The summed E-state index contributed by atoms with van der Waals surface area (Å²) in [5.74, 6) is 0.681. The van der Waals surface area contributed by atoms with Crippen molar-refractivity contribution in [2.45, 2.75) is 25.2 Å². The number of sulfonamides is 1. The Morgan fingerprint density at radius 2 is 1.91 bits per heavy atom. The number of anilines is 1. The first-order valence-corrected chi connectivity index (χ1v) is 8.69. The van der Waals surface area contributed by atoms with E-state index in [1.807, 2.05) is 13.8 Å². The monoisotopic (exact) mass is 339 g/mol. The molecule has 0 unspecified atom stereocenters. The molecule has 118 valence electrons. The molecular formula is C16H18ClNO3S. The fourth-order valence-electron chi connectivity index (χ4n) is 2.11. The summed E-state index contributed by atoms with van der Waals surface area (Å²) in [5, 5.41) is 0.479. The maximum absolute atomic E-state index is 12.5. The van der Waals surface area contributed by atoms with E-state index < -0.39 is 10.0 Å². The topological polar surface area (TPSA) is 55.4 Å². The highest BCUT2D eigenvalue weighted by atomic mass is 35.5. The summed E-state index contributed by atoms with van der Waals surface area (Å²) < 4.78 is 32.9. The molecule has 0 fully saturated rings. The zero-order valence-corrected chi connectivity index (χ0v) is 14.3. The van der Waals surface area contributed by atoms with E-state index in [0.29, 0.717) is 22.9 Å². The van der Waals surface area contributed by atoms with Crippen molar-refractivity contribution in [3.8, 4) is 5.75 Å². The fourth-order valence-corrected chi connectivity index (χ4v) is 3.45. The van der Waals surface area contributed by atoms with Crippen molar-refractivity contribution in [3.05, 3.63) is 52.5 Å². The van der Waals surface area contributed by atoms with Crippen LogP contribution in [0.15, 0.2) is 41.3 Å². The summed E-state index contributed by atoms with van der Waals surface area (Å²) in [6.07, 6.45) is 0.683. The molecule has 2 rings (SSSR count). The van der Waals surface area contributed by atoms with Crippen LogP contribution in [0.2, 0.25) is 5.02 Å². The van der Waals surface area contributed by atoms with Gasteiger partial charge in [-0.25, -0.2) is 8.42 Å². The smallest absolute Gasteiger partial charge is 0.261 e. The molecule has 0 aliphatic rings. The zero-order chi connectivity index (χ0) is 16.3. The minimum atomic E-state index is -3.67. The molecule has 0 bridgehead atoms. The number of halogens is 1. The number of hydrogen-bond donors (Lipinski definition) is 1. The maximum Gasteiger partial charge on any atom is 0.261 e. The highest BCUT2D eigenvalue weighted by Gasteiger charge is 2.17. The number of benzene rings is 2. The van der Waals surface area contributed by atoms with Gasteiger partial charge in [0.05, 0.1) is 17.7 Å². The van der Waals surface area contributed by atoms with Crippen LogP contribution in [0.1, 0.15) is 18.1 Å². The van der Waals surface area contributed by atoms with E-state index in [4.69, 9.17) is 16.3 Å². The number of ether oxygens (including phenoxy) is 1. The lowest BCUT2D eigenvalue weighted by Gasteiger charge is -2.13. The van der Waals surface area contributed by atoms with Gasteiger partial charge in [0.2, 0.25) is 0 Å². The van der Waals surface area contributed by atoms with E-state index in [1.54, 1.807) is 37.4 Å². The van der Waals surface area contributed by atoms with Crippen molar-refractivity contribution in [1.29, 1.82) is 0 Å². The molecule has 2 aromatic rings. The third-order valence-corrected chi connectivity index (χ3v) is 4.99. The SMILES string of the molecule is CCc1cc(S(=O)(=O)Nc2cc(Cl)ccc2C)ccc1OC. The van der Waals surface area contributed by atoms with Gasteiger partial charge in [0, 0.05) is 5.02 Å². The van der Waals surface area contributed by atoms with Crippen LogP contribution in [-0.2, 0) is 16.4 Å². The van der Waals surface area contributed by atoms with Gasteiger partial charge in [0.25, 0.3) is 10.0 Å². The van der Waals surface area contributed by atoms with Crippen molar-refractivity contribution in [1.82, 2.24) is 0 Å². The molecule has 0 spiro atoms. The first kappa shape index (κ1) is 16.6. The lowest BCUT2D eigenvalue weighted by Crippen LogP contribution is -2.14. The lowest BCUT2D eigenvalue weighted by atomic mass is 10.1. The molecule has 22 heavy (non-hydrogen) atoms. The average Bonchev–Trinajstić information content (AvgIpc) is 2.49. The van der Waals surface area contributed by atoms with Crippen LogP contribution in [0.4, 0.5) is 5.69 Å². The summed E-state index contributed by atoms with van der Waals surface area (Å²) in [4.78, 5) is 0.199. The normalized spacial score (nSPS) is 11.3. The second-order valence-electron chi connectivity index (χ2n) is 4.89. The highest BCUT2D eigenvalue weighted by Crippen LogP contribution is 2.26. The second-order valence-corrected chi connectivity index (χ2v) is 7.01. The van der Waals surface area contributed by atoms with Crippen molar-refractivity contribution >= 4 is 27.3 Å². The van der Waals surface area contributed by atoms with Gasteiger partial charge in [0.15, 0.2) is 0 Å². The Morgan fingerprint density at radius 1 is 1.18 bits per heavy atom. The first-order valence-electron chi connectivity index (χ1n) is 6.83. The molecule has 0 atom stereocenters. The number of nitrogens with one attached hydrogen (secondary N) is 1. The molecular weight excluding hydrogens is 322 g/mol. The Kier molecular flexibility index (Phi) is 4.98. The maximum atomic E-state index is 12.5. The summed E-state index contributed by atoms with van der Waals surface area (Å²) in [6.45, 7) is 3.77. The van der Waals surface area contributed by atoms with Gasteiger partial charge in [-0.15, -0.1) is 0 Å². The molecule has 0 saturated carbocycles. The highest BCUT2D eigenvalue weighted by molar-refractivity contribution is 7.92. The molecule has 0 aromatic heterocycles. The number of aryl methyl sites for hydroxylation is 2. The largest absolute Gasteiger partial charge is 0.496 e. The van der Waals surface area contributed by atoms with Crippen LogP contribution in [-0.4, -0.2) is 15.5 Å². The van der Waals surface area contributed by atoms with Gasteiger partial charge in [-0.3, -0.25) is 4.72 Å². The van der Waals surface area contributed by atoms with E-state index in [9.17, 15) is 8.42 Å². The molecule has 0 aliphatic carbocycles. The van der Waals surface area contributed by atoms with Crippen LogP contribution in [0.3, 0.4) is 0 Å². The lowest BCUT2D eigenvalue weighted by molar-refractivity contribution is 0.409. The summed E-state index contributed by atoms with van der Waals surface area (Å²) in [5.41, 5.74) is 2.12. The number of rotatable bonds is 5. The van der Waals surface area contributed by atoms with Gasteiger partial charge in [-0.05, 0) is 54.8 Å². The number of methoxy groups -OCH3 is 1. The van der Waals surface area contributed by atoms with Gasteiger partial charge in [0.1, 0.15) is 5.75 Å². The average molecular weight is 340 g/mol. The van der Waals surface area contributed by atoms with Gasteiger partial charge < -0.3 is 4.74 Å². The van der Waals surface area contributed by atoms with Gasteiger partial charge in [-0.2, -0.15) is 0 Å². The Morgan fingerprint density at radius 3 is 2.55 bits per heavy atom. The van der Waals surface area contributed by atoms with Gasteiger partial charge in [-0.1, -0.05) is 24.6 Å². The van der Waals surface area contributed by atoms with Gasteiger partial charge >= 0.3 is 0 Å². The quantitative estimate of drug-likeness (QED) is 0.895. The molecule has 0 radical (unpaired) electrons. The molecule has 4 nitrogen and oxygen atoms in total. The summed E-state index contributed by atoms with van der Waals surface area (Å²) >= 11 is 5.93. The Bertz CT molecular complexity index is 788. The van der Waals surface area contributed by atoms with Crippen molar-refractivity contribution in [2.75, 3.05) is 11.8 Å². The van der Waals surface area contributed by atoms with Crippen LogP contribution in [0, 0.1) is 6.92 Å². The first-order chi connectivity index (χ1) is 10.4. The third kappa shape index (κ3) is 3.54. The molecule has 0 amide bonds. The molecule has 0 heterocycles. The van der Waals surface area contributed by atoms with E-state index in [-0.39, 0.29) is 4.90 Å².